The number of hydrogen-bond acceptors (Lipinski definition) is 3. The van der Waals surface area contributed by atoms with Crippen LogP contribution in [0.25, 0.3) is 11.1 Å². The summed E-state index contributed by atoms with van der Waals surface area (Å²) in [6, 6.07) is 18.3. The summed E-state index contributed by atoms with van der Waals surface area (Å²) < 4.78 is 0. The molecule has 3 nitrogen and oxygen atoms in total. The zero-order valence-corrected chi connectivity index (χ0v) is 19.4. The minimum absolute atomic E-state index is 0.305. The van der Waals surface area contributed by atoms with Crippen molar-refractivity contribution < 1.29 is 10.2 Å². The van der Waals surface area contributed by atoms with Crippen LogP contribution in [0.5, 0.6) is 11.5 Å². The van der Waals surface area contributed by atoms with Gasteiger partial charge in [-0.3, -0.25) is 0 Å². The molecule has 3 aromatic carbocycles. The van der Waals surface area contributed by atoms with Gasteiger partial charge in [-0.1, -0.05) is 67.9 Å². The van der Waals surface area contributed by atoms with Gasteiger partial charge in [0.15, 0.2) is 0 Å². The van der Waals surface area contributed by atoms with Crippen molar-refractivity contribution in [2.45, 2.75) is 46.5 Å². The minimum Gasteiger partial charge on any atom is -0.507 e. The molecule has 0 unspecified atom stereocenters. The number of aromatic hydroxyl groups is 2. The van der Waals surface area contributed by atoms with Crippen molar-refractivity contribution in [3.8, 4) is 22.6 Å². The Kier molecular flexibility index (Phi) is 7.40. The predicted octanol–water partition coefficient (Wildman–Crippen LogP) is 6.22. The van der Waals surface area contributed by atoms with E-state index in [1.807, 2.05) is 36.4 Å². The van der Waals surface area contributed by atoms with E-state index < -0.39 is 0 Å². The van der Waals surface area contributed by atoms with Gasteiger partial charge in [0.1, 0.15) is 11.5 Å². The van der Waals surface area contributed by atoms with Crippen LogP contribution in [0.2, 0.25) is 0 Å². The van der Waals surface area contributed by atoms with E-state index in [2.05, 4.69) is 57.8 Å². The van der Waals surface area contributed by atoms with E-state index >= 15 is 0 Å². The lowest BCUT2D eigenvalue weighted by atomic mass is 9.95. The number of benzene rings is 3. The molecule has 2 N–H and O–H groups in total. The first-order valence-electron chi connectivity index (χ1n) is 11.1. The van der Waals surface area contributed by atoms with Crippen LogP contribution in [-0.4, -0.2) is 35.3 Å². The van der Waals surface area contributed by atoms with Gasteiger partial charge >= 0.3 is 0 Å². The summed E-state index contributed by atoms with van der Waals surface area (Å²) in [6.45, 7) is 10.1. The van der Waals surface area contributed by atoms with E-state index in [9.17, 15) is 10.2 Å². The van der Waals surface area contributed by atoms with Crippen LogP contribution in [0, 0.1) is 13.8 Å². The summed E-state index contributed by atoms with van der Waals surface area (Å²) in [5.41, 5.74) is 7.29. The lowest BCUT2D eigenvalue weighted by Crippen LogP contribution is -2.24. The molecule has 0 fully saturated rings. The molecule has 0 saturated carbocycles. The van der Waals surface area contributed by atoms with E-state index in [1.165, 1.54) is 5.56 Å². The Morgan fingerprint density at radius 1 is 0.774 bits per heavy atom. The summed E-state index contributed by atoms with van der Waals surface area (Å²) in [4.78, 5) is 2.26. The average Bonchev–Trinajstić information content (AvgIpc) is 2.74. The molecule has 3 aromatic rings. The Bertz CT molecular complexity index is 1020. The van der Waals surface area contributed by atoms with Crippen LogP contribution in [0.15, 0.2) is 54.6 Å². The van der Waals surface area contributed by atoms with Gasteiger partial charge in [0, 0.05) is 18.7 Å². The third-order valence-corrected chi connectivity index (χ3v) is 5.93. The fourth-order valence-electron chi connectivity index (χ4n) is 4.13. The molecule has 0 aliphatic heterocycles. The largest absolute Gasteiger partial charge is 0.507 e. The van der Waals surface area contributed by atoms with Crippen LogP contribution in [0.3, 0.4) is 0 Å². The molecule has 0 bridgehead atoms. The minimum atomic E-state index is 0.305. The zero-order chi connectivity index (χ0) is 22.5. The first-order valence-corrected chi connectivity index (χ1v) is 11.1. The second-order valence-electron chi connectivity index (χ2n) is 9.01. The van der Waals surface area contributed by atoms with Crippen molar-refractivity contribution >= 4 is 0 Å². The first kappa shape index (κ1) is 22.9. The Morgan fingerprint density at radius 3 is 1.90 bits per heavy atom. The Balaban J connectivity index is 1.67. The number of likely N-dealkylation sites (N-methyl/N-ethyl adjacent to an activating group) is 1. The van der Waals surface area contributed by atoms with Gasteiger partial charge in [-0.25, -0.2) is 0 Å². The van der Waals surface area contributed by atoms with E-state index in [4.69, 9.17) is 0 Å². The SMILES string of the molecule is Cc1cc(CCN(C)CCc2cc(C)cc(C(C)C)c2O)c(O)c(-c2ccccc2)c1. The Labute approximate surface area is 187 Å². The van der Waals surface area contributed by atoms with Crippen LogP contribution in [0.1, 0.15) is 47.6 Å². The highest BCUT2D eigenvalue weighted by Gasteiger charge is 2.14. The van der Waals surface area contributed by atoms with Gasteiger partial charge in [0.25, 0.3) is 0 Å². The second kappa shape index (κ2) is 10.0. The van der Waals surface area contributed by atoms with Crippen LogP contribution in [-0.2, 0) is 12.8 Å². The standard InChI is InChI=1S/C28H35NO2/c1-19(2)25-17-20(3)15-23(27(25)30)11-13-29(5)14-12-24-16-21(4)18-26(28(24)31)22-9-7-6-8-10-22/h6-10,15-19,30-31H,11-14H2,1-5H3. The van der Waals surface area contributed by atoms with Gasteiger partial charge in [-0.15, -0.1) is 0 Å². The van der Waals surface area contributed by atoms with Crippen molar-refractivity contribution in [3.63, 3.8) is 0 Å². The summed E-state index contributed by atoms with van der Waals surface area (Å²) in [5.74, 6) is 1.13. The monoisotopic (exact) mass is 417 g/mol. The summed E-state index contributed by atoms with van der Waals surface area (Å²) in [6.07, 6.45) is 1.58. The molecule has 3 heteroatoms. The van der Waals surface area contributed by atoms with E-state index in [-0.39, 0.29) is 0 Å². The lowest BCUT2D eigenvalue weighted by molar-refractivity contribution is 0.338. The fraction of sp³-hybridized carbons (Fsp3) is 0.357. The number of phenols is 2. The second-order valence-corrected chi connectivity index (χ2v) is 9.01. The van der Waals surface area contributed by atoms with Crippen LogP contribution >= 0.6 is 0 Å². The third-order valence-electron chi connectivity index (χ3n) is 5.93. The normalized spacial score (nSPS) is 11.5. The fourth-order valence-corrected chi connectivity index (χ4v) is 4.13. The van der Waals surface area contributed by atoms with Crippen molar-refractivity contribution in [2.24, 2.45) is 0 Å². The van der Waals surface area contributed by atoms with Crippen LogP contribution < -0.4 is 0 Å². The Morgan fingerprint density at radius 2 is 1.32 bits per heavy atom. The van der Waals surface area contributed by atoms with Crippen molar-refractivity contribution in [1.29, 1.82) is 0 Å². The molecule has 0 amide bonds. The average molecular weight is 418 g/mol. The highest BCUT2D eigenvalue weighted by atomic mass is 16.3. The highest BCUT2D eigenvalue weighted by molar-refractivity contribution is 5.72. The van der Waals surface area contributed by atoms with E-state index in [1.54, 1.807) is 0 Å². The summed E-state index contributed by atoms with van der Waals surface area (Å²) in [7, 11) is 2.10. The summed E-state index contributed by atoms with van der Waals surface area (Å²) >= 11 is 0. The zero-order valence-electron chi connectivity index (χ0n) is 19.4. The molecule has 0 aliphatic carbocycles. The smallest absolute Gasteiger partial charge is 0.126 e. The van der Waals surface area contributed by atoms with Gasteiger partial charge in [0.05, 0.1) is 0 Å². The molecular weight excluding hydrogens is 382 g/mol. The number of nitrogens with zero attached hydrogens (tertiary/aromatic N) is 1. The number of aryl methyl sites for hydroxylation is 2. The third kappa shape index (κ3) is 5.68. The topological polar surface area (TPSA) is 43.7 Å². The molecule has 0 radical (unpaired) electrons. The molecule has 0 spiro atoms. The van der Waals surface area contributed by atoms with E-state index in [0.717, 1.165) is 59.3 Å². The molecule has 3 rings (SSSR count). The number of phenolic OH excluding ortho intramolecular Hbond substituents is 2. The molecule has 0 saturated heterocycles. The van der Waals surface area contributed by atoms with Gasteiger partial charge in [-0.2, -0.15) is 0 Å². The first-order chi connectivity index (χ1) is 14.8. The molecule has 0 aromatic heterocycles. The van der Waals surface area contributed by atoms with Crippen molar-refractivity contribution in [3.05, 3.63) is 82.4 Å². The highest BCUT2D eigenvalue weighted by Crippen LogP contribution is 2.34. The molecule has 0 heterocycles. The molecule has 164 valence electrons. The number of rotatable bonds is 8. The maximum atomic E-state index is 10.9. The van der Waals surface area contributed by atoms with Crippen molar-refractivity contribution in [2.75, 3.05) is 20.1 Å². The molecule has 0 atom stereocenters. The van der Waals surface area contributed by atoms with Gasteiger partial charge in [-0.05, 0) is 73.5 Å². The van der Waals surface area contributed by atoms with Gasteiger partial charge < -0.3 is 15.1 Å². The quantitative estimate of drug-likeness (QED) is 0.457. The predicted molar refractivity (Wildman–Crippen MR) is 130 cm³/mol. The van der Waals surface area contributed by atoms with E-state index in [0.29, 0.717) is 17.4 Å². The van der Waals surface area contributed by atoms with Crippen molar-refractivity contribution in [1.82, 2.24) is 4.90 Å². The number of hydrogen-bond donors (Lipinski definition) is 2. The Hall–Kier alpha value is -2.78. The molecule has 31 heavy (non-hydrogen) atoms. The lowest BCUT2D eigenvalue weighted by Gasteiger charge is -2.20. The van der Waals surface area contributed by atoms with Crippen LogP contribution in [0.4, 0.5) is 0 Å². The van der Waals surface area contributed by atoms with Gasteiger partial charge in [0.2, 0.25) is 0 Å². The summed E-state index contributed by atoms with van der Waals surface area (Å²) in [5, 5.41) is 21.5. The maximum Gasteiger partial charge on any atom is 0.126 e. The molecular formula is C28H35NO2. The maximum absolute atomic E-state index is 10.9. The molecule has 0 aliphatic rings.